The van der Waals surface area contributed by atoms with Crippen LogP contribution < -0.4 is 16.0 Å². The molecule has 0 saturated carbocycles. The van der Waals surface area contributed by atoms with Crippen LogP contribution in [0, 0.1) is 0 Å². The van der Waals surface area contributed by atoms with Crippen molar-refractivity contribution < 1.29 is 19.5 Å². The largest absolute Gasteiger partial charge is 0.480 e. The van der Waals surface area contributed by atoms with Crippen LogP contribution in [0.1, 0.15) is 35.9 Å². The van der Waals surface area contributed by atoms with Gasteiger partial charge < -0.3 is 15.7 Å². The summed E-state index contributed by atoms with van der Waals surface area (Å²) >= 11 is 1.08. The van der Waals surface area contributed by atoms with Gasteiger partial charge in [-0.25, -0.2) is 9.59 Å². The van der Waals surface area contributed by atoms with Gasteiger partial charge in [-0.1, -0.05) is 38.0 Å². The van der Waals surface area contributed by atoms with Gasteiger partial charge in [0.1, 0.15) is 6.04 Å². The van der Waals surface area contributed by atoms with Gasteiger partial charge in [0.05, 0.1) is 9.88 Å². The Balaban J connectivity index is 1.92. The normalized spacial score (nSPS) is 11.4. The van der Waals surface area contributed by atoms with Crippen LogP contribution in [0.5, 0.6) is 0 Å². The van der Waals surface area contributed by atoms with Gasteiger partial charge in [-0.05, 0) is 30.7 Å². The second kappa shape index (κ2) is 9.57. The van der Waals surface area contributed by atoms with Crippen LogP contribution in [0.2, 0.25) is 0 Å². The quantitative estimate of drug-likeness (QED) is 0.563. The average molecular weight is 375 g/mol. The Morgan fingerprint density at radius 1 is 1.08 bits per heavy atom. The highest BCUT2D eigenvalue weighted by molar-refractivity contribution is 7.18. The van der Waals surface area contributed by atoms with Gasteiger partial charge >= 0.3 is 12.0 Å². The summed E-state index contributed by atoms with van der Waals surface area (Å²) in [7, 11) is 0. The third-order valence-electron chi connectivity index (χ3n) is 3.55. The van der Waals surface area contributed by atoms with Crippen molar-refractivity contribution in [3.8, 4) is 0 Å². The molecule has 0 aliphatic heterocycles. The Morgan fingerprint density at radius 3 is 2.46 bits per heavy atom. The van der Waals surface area contributed by atoms with Crippen molar-refractivity contribution >= 4 is 39.9 Å². The molecule has 0 spiro atoms. The number of nitrogens with one attached hydrogen (secondary N) is 3. The van der Waals surface area contributed by atoms with E-state index >= 15 is 0 Å². The number of anilines is 2. The van der Waals surface area contributed by atoms with E-state index < -0.39 is 23.9 Å². The number of hydrogen-bond donors (Lipinski definition) is 4. The molecule has 138 valence electrons. The molecule has 1 heterocycles. The summed E-state index contributed by atoms with van der Waals surface area (Å²) in [4.78, 5) is 35.7. The summed E-state index contributed by atoms with van der Waals surface area (Å²) < 4.78 is 0. The Morgan fingerprint density at radius 2 is 1.81 bits per heavy atom. The van der Waals surface area contributed by atoms with Crippen LogP contribution in [0.15, 0.2) is 42.5 Å². The number of hydrogen-bond acceptors (Lipinski definition) is 4. The first-order valence-electron chi connectivity index (χ1n) is 8.26. The molecule has 1 unspecified atom stereocenters. The molecule has 0 aliphatic rings. The van der Waals surface area contributed by atoms with Crippen molar-refractivity contribution in [1.29, 1.82) is 0 Å². The van der Waals surface area contributed by atoms with Gasteiger partial charge in [0.2, 0.25) is 0 Å². The molecule has 0 radical (unpaired) electrons. The van der Waals surface area contributed by atoms with Crippen molar-refractivity contribution in [3.63, 3.8) is 0 Å². The Hall–Kier alpha value is -2.87. The highest BCUT2D eigenvalue weighted by Crippen LogP contribution is 2.22. The maximum absolute atomic E-state index is 12.2. The third kappa shape index (κ3) is 5.89. The summed E-state index contributed by atoms with van der Waals surface area (Å²) in [5.41, 5.74) is 0.653. The number of urea groups is 1. The van der Waals surface area contributed by atoms with E-state index in [2.05, 4.69) is 16.0 Å². The minimum Gasteiger partial charge on any atom is -0.480 e. The SMILES string of the molecule is CCCCC(NC(=O)c1ccc(NC(=O)Nc2ccccc2)s1)C(=O)O. The topological polar surface area (TPSA) is 108 Å². The van der Waals surface area contributed by atoms with Crippen molar-refractivity contribution in [1.82, 2.24) is 5.32 Å². The number of unbranched alkanes of at least 4 members (excludes halogenated alkanes) is 1. The van der Waals surface area contributed by atoms with E-state index in [4.69, 9.17) is 0 Å². The van der Waals surface area contributed by atoms with Gasteiger partial charge in [0, 0.05) is 5.69 Å². The van der Waals surface area contributed by atoms with Crippen molar-refractivity contribution in [2.24, 2.45) is 0 Å². The number of thiophene rings is 1. The van der Waals surface area contributed by atoms with E-state index in [1.165, 1.54) is 0 Å². The molecule has 26 heavy (non-hydrogen) atoms. The number of benzene rings is 1. The lowest BCUT2D eigenvalue weighted by atomic mass is 10.1. The predicted molar refractivity (Wildman–Crippen MR) is 102 cm³/mol. The standard InChI is InChI=1S/C18H21N3O4S/c1-2-3-9-13(17(23)24)20-16(22)14-10-11-15(26-14)21-18(25)19-12-7-5-4-6-8-12/h4-8,10-11,13H,2-3,9H2,1H3,(H,20,22)(H,23,24)(H2,19,21,25). The van der Waals surface area contributed by atoms with Gasteiger partial charge in [-0.3, -0.25) is 10.1 Å². The summed E-state index contributed by atoms with van der Waals surface area (Å²) in [5, 5.41) is 17.5. The monoisotopic (exact) mass is 375 g/mol. The second-order valence-electron chi connectivity index (χ2n) is 5.62. The molecular formula is C18H21N3O4S. The van der Waals surface area contributed by atoms with Crippen molar-refractivity contribution in [2.45, 2.75) is 32.2 Å². The number of rotatable bonds is 8. The summed E-state index contributed by atoms with van der Waals surface area (Å²) in [6.45, 7) is 1.96. The van der Waals surface area contributed by atoms with Gasteiger partial charge in [0.15, 0.2) is 0 Å². The molecule has 3 amide bonds. The van der Waals surface area contributed by atoms with Gasteiger partial charge in [-0.15, -0.1) is 11.3 Å². The van der Waals surface area contributed by atoms with E-state index in [0.29, 0.717) is 28.4 Å². The maximum atomic E-state index is 12.2. The van der Waals surface area contributed by atoms with E-state index in [9.17, 15) is 19.5 Å². The molecule has 1 aromatic carbocycles. The molecule has 0 saturated heterocycles. The molecule has 0 bridgehead atoms. The molecule has 0 fully saturated rings. The molecule has 0 aliphatic carbocycles. The Labute approximate surface area is 155 Å². The number of amides is 3. The zero-order valence-electron chi connectivity index (χ0n) is 14.3. The number of carboxylic acid groups (broad SMARTS) is 1. The van der Waals surface area contributed by atoms with Crippen LogP contribution in [0.25, 0.3) is 0 Å². The Bertz CT molecular complexity index is 761. The number of carbonyl (C=O) groups is 3. The lowest BCUT2D eigenvalue weighted by Crippen LogP contribution is -2.40. The van der Waals surface area contributed by atoms with E-state index in [1.54, 1.807) is 36.4 Å². The molecule has 7 nitrogen and oxygen atoms in total. The van der Waals surface area contributed by atoms with Gasteiger partial charge in [-0.2, -0.15) is 0 Å². The van der Waals surface area contributed by atoms with Gasteiger partial charge in [0.25, 0.3) is 5.91 Å². The van der Waals surface area contributed by atoms with Crippen LogP contribution in [0.3, 0.4) is 0 Å². The minimum atomic E-state index is -1.05. The summed E-state index contributed by atoms with van der Waals surface area (Å²) in [6, 6.07) is 10.8. The Kier molecular flexibility index (Phi) is 7.16. The van der Waals surface area contributed by atoms with Crippen molar-refractivity contribution in [2.75, 3.05) is 10.6 Å². The highest BCUT2D eigenvalue weighted by atomic mass is 32.1. The molecule has 8 heteroatoms. The van der Waals surface area contributed by atoms with Crippen LogP contribution in [-0.4, -0.2) is 29.1 Å². The maximum Gasteiger partial charge on any atom is 0.326 e. The number of carbonyl (C=O) groups excluding carboxylic acids is 2. The van der Waals surface area contributed by atoms with E-state index in [1.807, 2.05) is 13.0 Å². The zero-order chi connectivity index (χ0) is 18.9. The van der Waals surface area contributed by atoms with E-state index in [-0.39, 0.29) is 0 Å². The van der Waals surface area contributed by atoms with Crippen LogP contribution in [-0.2, 0) is 4.79 Å². The lowest BCUT2D eigenvalue weighted by molar-refractivity contribution is -0.139. The summed E-state index contributed by atoms with van der Waals surface area (Å²) in [5.74, 6) is -1.51. The third-order valence-corrected chi connectivity index (χ3v) is 4.55. The van der Waals surface area contributed by atoms with Crippen LogP contribution >= 0.6 is 11.3 Å². The predicted octanol–water partition coefficient (Wildman–Crippen LogP) is 3.77. The molecule has 2 aromatic rings. The smallest absolute Gasteiger partial charge is 0.326 e. The fourth-order valence-corrected chi connectivity index (χ4v) is 3.02. The minimum absolute atomic E-state index is 0.336. The second-order valence-corrected chi connectivity index (χ2v) is 6.70. The van der Waals surface area contributed by atoms with Crippen LogP contribution in [0.4, 0.5) is 15.5 Å². The summed E-state index contributed by atoms with van der Waals surface area (Å²) in [6.07, 6.45) is 1.95. The average Bonchev–Trinajstić information content (AvgIpc) is 3.07. The molecule has 1 aromatic heterocycles. The van der Waals surface area contributed by atoms with Crippen molar-refractivity contribution in [3.05, 3.63) is 47.3 Å². The lowest BCUT2D eigenvalue weighted by Gasteiger charge is -2.13. The van der Waals surface area contributed by atoms with E-state index in [0.717, 1.165) is 17.8 Å². The fourth-order valence-electron chi connectivity index (χ4n) is 2.22. The highest BCUT2D eigenvalue weighted by Gasteiger charge is 2.21. The first-order chi connectivity index (χ1) is 12.5. The molecule has 1 atom stereocenters. The molecule has 4 N–H and O–H groups in total. The zero-order valence-corrected chi connectivity index (χ0v) is 15.1. The fraction of sp³-hybridized carbons (Fsp3) is 0.278. The number of para-hydroxylation sites is 1. The molecular weight excluding hydrogens is 354 g/mol. The molecule has 2 rings (SSSR count). The number of carboxylic acids is 1. The number of aliphatic carboxylic acids is 1. The first-order valence-corrected chi connectivity index (χ1v) is 9.07. The first kappa shape index (κ1) is 19.5.